The molecule has 0 radical (unpaired) electrons. The van der Waals surface area contributed by atoms with Crippen LogP contribution < -0.4 is 5.32 Å². The van der Waals surface area contributed by atoms with E-state index in [0.29, 0.717) is 11.6 Å². The Morgan fingerprint density at radius 1 is 1.05 bits per heavy atom. The van der Waals surface area contributed by atoms with Gasteiger partial charge in [0.05, 0.1) is 5.69 Å². The third kappa shape index (κ3) is 3.39. The van der Waals surface area contributed by atoms with Gasteiger partial charge in [-0.05, 0) is 46.3 Å². The van der Waals surface area contributed by atoms with Crippen molar-refractivity contribution < 1.29 is 13.6 Å². The molecule has 0 aliphatic heterocycles. The lowest BCUT2D eigenvalue weighted by atomic mass is 10.2. The van der Waals surface area contributed by atoms with Gasteiger partial charge < -0.3 is 5.32 Å². The predicted octanol–water partition coefficient (Wildman–Crippen LogP) is 4.74. The van der Waals surface area contributed by atoms with Crippen molar-refractivity contribution in [3.8, 4) is 0 Å². The molecular formula is C13H7Br2F2NO. The molecule has 0 aliphatic carbocycles. The lowest BCUT2D eigenvalue weighted by Crippen LogP contribution is -2.13. The largest absolute Gasteiger partial charge is 0.319 e. The van der Waals surface area contributed by atoms with Crippen LogP contribution in [0.5, 0.6) is 0 Å². The van der Waals surface area contributed by atoms with E-state index in [1.54, 1.807) is 24.3 Å². The molecule has 1 N–H and O–H groups in total. The van der Waals surface area contributed by atoms with Gasteiger partial charge in [0.1, 0.15) is 5.82 Å². The Hall–Kier alpha value is -1.27. The molecule has 0 unspecified atom stereocenters. The molecule has 2 nitrogen and oxygen atoms in total. The third-order valence-electron chi connectivity index (χ3n) is 2.35. The predicted molar refractivity (Wildman–Crippen MR) is 76.2 cm³/mol. The van der Waals surface area contributed by atoms with Crippen molar-refractivity contribution in [2.75, 3.05) is 5.32 Å². The van der Waals surface area contributed by atoms with E-state index in [9.17, 15) is 13.6 Å². The van der Waals surface area contributed by atoms with Crippen LogP contribution in [0.4, 0.5) is 14.5 Å². The van der Waals surface area contributed by atoms with Crippen LogP contribution in [0, 0.1) is 11.6 Å². The van der Waals surface area contributed by atoms with Gasteiger partial charge in [0.2, 0.25) is 0 Å². The van der Waals surface area contributed by atoms with Crippen molar-refractivity contribution in [3.05, 3.63) is 62.5 Å². The van der Waals surface area contributed by atoms with E-state index < -0.39 is 17.5 Å². The molecule has 1 amide bonds. The molecule has 0 bridgehead atoms. The minimum absolute atomic E-state index is 0.0886. The van der Waals surface area contributed by atoms with Crippen molar-refractivity contribution in [3.63, 3.8) is 0 Å². The summed E-state index contributed by atoms with van der Waals surface area (Å²) in [6, 6.07) is 8.38. The summed E-state index contributed by atoms with van der Waals surface area (Å²) in [5.74, 6) is -2.03. The van der Waals surface area contributed by atoms with Crippen LogP contribution in [-0.2, 0) is 0 Å². The first-order valence-electron chi connectivity index (χ1n) is 5.19. The van der Waals surface area contributed by atoms with E-state index in [4.69, 9.17) is 0 Å². The highest BCUT2D eigenvalue weighted by Crippen LogP contribution is 2.27. The Bertz CT molecular complexity index is 606. The van der Waals surface area contributed by atoms with E-state index in [0.717, 1.165) is 10.5 Å². The first-order valence-corrected chi connectivity index (χ1v) is 6.77. The molecule has 0 aliphatic rings. The third-order valence-corrected chi connectivity index (χ3v) is 3.51. The number of carbonyl (C=O) groups is 1. The maximum Gasteiger partial charge on any atom is 0.255 e. The smallest absolute Gasteiger partial charge is 0.255 e. The second-order valence-electron chi connectivity index (χ2n) is 3.71. The summed E-state index contributed by atoms with van der Waals surface area (Å²) in [5.41, 5.74) is 0.285. The molecule has 0 spiro atoms. The lowest BCUT2D eigenvalue weighted by molar-refractivity contribution is 0.102. The van der Waals surface area contributed by atoms with Crippen molar-refractivity contribution in [1.82, 2.24) is 0 Å². The maximum atomic E-state index is 13.6. The first-order chi connectivity index (χ1) is 8.97. The molecule has 98 valence electrons. The lowest BCUT2D eigenvalue weighted by Gasteiger charge is -2.09. The fourth-order valence-corrected chi connectivity index (χ4v) is 2.22. The van der Waals surface area contributed by atoms with E-state index in [1.807, 2.05) is 0 Å². The average molecular weight is 391 g/mol. The molecule has 0 saturated carbocycles. The number of amides is 1. The van der Waals surface area contributed by atoms with Crippen LogP contribution in [0.15, 0.2) is 45.3 Å². The van der Waals surface area contributed by atoms with Crippen LogP contribution in [0.3, 0.4) is 0 Å². The van der Waals surface area contributed by atoms with Gasteiger partial charge in [0.15, 0.2) is 5.82 Å². The number of anilines is 1. The quantitative estimate of drug-likeness (QED) is 0.788. The zero-order chi connectivity index (χ0) is 14.0. The number of hydrogen-bond donors (Lipinski definition) is 1. The molecular weight excluding hydrogens is 384 g/mol. The standard InChI is InChI=1S/C13H7Br2F2NO/c14-8-3-1-7(2-4-8)13(19)18-12-10(15)5-9(16)6-11(12)17/h1-6H,(H,18,19). The second kappa shape index (κ2) is 5.79. The van der Waals surface area contributed by atoms with Gasteiger partial charge in [-0.25, -0.2) is 8.78 Å². The Morgan fingerprint density at radius 2 is 1.68 bits per heavy atom. The van der Waals surface area contributed by atoms with Crippen LogP contribution in [0.2, 0.25) is 0 Å². The molecule has 2 aromatic carbocycles. The fourth-order valence-electron chi connectivity index (χ4n) is 1.45. The average Bonchev–Trinajstić information content (AvgIpc) is 2.34. The Balaban J connectivity index is 2.26. The zero-order valence-corrected chi connectivity index (χ0v) is 12.6. The molecule has 6 heteroatoms. The normalized spacial score (nSPS) is 10.3. The summed E-state index contributed by atoms with van der Waals surface area (Å²) >= 11 is 6.26. The number of carbonyl (C=O) groups excluding carboxylic acids is 1. The molecule has 0 heterocycles. The highest BCUT2D eigenvalue weighted by Gasteiger charge is 2.13. The van der Waals surface area contributed by atoms with E-state index >= 15 is 0 Å². The zero-order valence-electron chi connectivity index (χ0n) is 9.38. The van der Waals surface area contributed by atoms with Gasteiger partial charge in [-0.15, -0.1) is 0 Å². The Labute approximate surface area is 125 Å². The summed E-state index contributed by atoms with van der Waals surface area (Å²) in [4.78, 5) is 11.9. The SMILES string of the molecule is O=C(Nc1c(F)cc(F)cc1Br)c1ccc(Br)cc1. The van der Waals surface area contributed by atoms with Gasteiger partial charge in [-0.1, -0.05) is 15.9 Å². The van der Waals surface area contributed by atoms with Crippen LogP contribution in [0.1, 0.15) is 10.4 Å². The van der Waals surface area contributed by atoms with Crippen LogP contribution in [-0.4, -0.2) is 5.91 Å². The van der Waals surface area contributed by atoms with Crippen molar-refractivity contribution in [2.45, 2.75) is 0 Å². The van der Waals surface area contributed by atoms with Gasteiger partial charge in [-0.2, -0.15) is 0 Å². The Morgan fingerprint density at radius 3 is 2.26 bits per heavy atom. The minimum Gasteiger partial charge on any atom is -0.319 e. The number of halogens is 4. The summed E-state index contributed by atoms with van der Waals surface area (Å²) in [5, 5.41) is 2.40. The first kappa shape index (κ1) is 14.1. The van der Waals surface area contributed by atoms with Gasteiger partial charge in [-0.3, -0.25) is 4.79 Å². The number of rotatable bonds is 2. The molecule has 2 rings (SSSR count). The maximum absolute atomic E-state index is 13.6. The van der Waals surface area contributed by atoms with Crippen LogP contribution >= 0.6 is 31.9 Å². The van der Waals surface area contributed by atoms with Crippen molar-refractivity contribution in [1.29, 1.82) is 0 Å². The fraction of sp³-hybridized carbons (Fsp3) is 0. The van der Waals surface area contributed by atoms with E-state index in [-0.39, 0.29) is 10.2 Å². The summed E-state index contributed by atoms with van der Waals surface area (Å²) < 4.78 is 27.5. The minimum atomic E-state index is -0.836. The summed E-state index contributed by atoms with van der Waals surface area (Å²) in [6.45, 7) is 0. The Kier molecular flexibility index (Phi) is 4.31. The number of hydrogen-bond acceptors (Lipinski definition) is 1. The van der Waals surface area contributed by atoms with Gasteiger partial charge in [0, 0.05) is 20.6 Å². The molecule has 0 saturated heterocycles. The topological polar surface area (TPSA) is 29.1 Å². The molecule has 0 fully saturated rings. The van der Waals surface area contributed by atoms with Gasteiger partial charge >= 0.3 is 0 Å². The summed E-state index contributed by atoms with van der Waals surface area (Å²) in [6.07, 6.45) is 0. The molecule has 19 heavy (non-hydrogen) atoms. The van der Waals surface area contributed by atoms with E-state index in [1.165, 1.54) is 0 Å². The van der Waals surface area contributed by atoms with Crippen molar-refractivity contribution in [2.24, 2.45) is 0 Å². The molecule has 0 aromatic heterocycles. The monoisotopic (exact) mass is 389 g/mol. The van der Waals surface area contributed by atoms with Gasteiger partial charge in [0.25, 0.3) is 5.91 Å². The highest BCUT2D eigenvalue weighted by molar-refractivity contribution is 9.10. The summed E-state index contributed by atoms with van der Waals surface area (Å²) in [7, 11) is 0. The molecule has 2 aromatic rings. The van der Waals surface area contributed by atoms with E-state index in [2.05, 4.69) is 37.2 Å². The van der Waals surface area contributed by atoms with Crippen LogP contribution in [0.25, 0.3) is 0 Å². The number of nitrogens with one attached hydrogen (secondary N) is 1. The molecule has 0 atom stereocenters. The second-order valence-corrected chi connectivity index (χ2v) is 5.48. The highest BCUT2D eigenvalue weighted by atomic mass is 79.9. The number of benzene rings is 2. The van der Waals surface area contributed by atoms with Crippen molar-refractivity contribution >= 4 is 43.5 Å².